The third-order valence-corrected chi connectivity index (χ3v) is 6.19. The SMILES string of the molecule is N#Cc1ccc(-c2nc(NCC3CCNC3)nc3ccc(-c4ccccc4OC(F)(F)F)cc23)cc1F. The second-order valence-electron chi connectivity index (χ2n) is 8.72. The molecular weight excluding hydrogens is 486 g/mol. The number of nitrogens with zero attached hydrogens (tertiary/aromatic N) is 3. The maximum atomic E-state index is 14.5. The Labute approximate surface area is 209 Å². The first-order valence-electron chi connectivity index (χ1n) is 11.6. The van der Waals surface area contributed by atoms with Crippen LogP contribution in [0.4, 0.5) is 23.5 Å². The topological polar surface area (TPSA) is 82.9 Å². The molecule has 0 bridgehead atoms. The number of alkyl halides is 3. The highest BCUT2D eigenvalue weighted by Crippen LogP contribution is 2.37. The van der Waals surface area contributed by atoms with Crippen molar-refractivity contribution in [1.29, 1.82) is 5.26 Å². The lowest BCUT2D eigenvalue weighted by Gasteiger charge is -2.15. The number of rotatable bonds is 6. The summed E-state index contributed by atoms with van der Waals surface area (Å²) in [5, 5.41) is 16.2. The molecule has 6 nitrogen and oxygen atoms in total. The van der Waals surface area contributed by atoms with E-state index in [2.05, 4.69) is 25.3 Å². The molecule has 10 heteroatoms. The quantitative estimate of drug-likeness (QED) is 0.317. The zero-order chi connectivity index (χ0) is 26.0. The summed E-state index contributed by atoms with van der Waals surface area (Å²) >= 11 is 0. The van der Waals surface area contributed by atoms with E-state index in [9.17, 15) is 17.6 Å². The van der Waals surface area contributed by atoms with Crippen LogP contribution in [-0.4, -0.2) is 36.0 Å². The van der Waals surface area contributed by atoms with Gasteiger partial charge in [0.15, 0.2) is 0 Å². The smallest absolute Gasteiger partial charge is 0.405 e. The molecule has 1 aliphatic rings. The molecule has 1 saturated heterocycles. The van der Waals surface area contributed by atoms with Gasteiger partial charge in [0.25, 0.3) is 0 Å². The molecule has 0 aliphatic carbocycles. The van der Waals surface area contributed by atoms with Gasteiger partial charge in [-0.3, -0.25) is 0 Å². The van der Waals surface area contributed by atoms with E-state index in [0.717, 1.165) is 19.5 Å². The number of halogens is 4. The lowest BCUT2D eigenvalue weighted by molar-refractivity contribution is -0.274. The molecule has 5 rings (SSSR count). The average Bonchev–Trinajstić information content (AvgIpc) is 3.40. The Morgan fingerprint density at radius 1 is 1.05 bits per heavy atom. The van der Waals surface area contributed by atoms with E-state index in [-0.39, 0.29) is 16.9 Å². The van der Waals surface area contributed by atoms with E-state index in [1.165, 1.54) is 30.3 Å². The van der Waals surface area contributed by atoms with Crippen LogP contribution in [0.3, 0.4) is 0 Å². The fourth-order valence-corrected chi connectivity index (χ4v) is 4.39. The first-order valence-corrected chi connectivity index (χ1v) is 11.6. The molecule has 37 heavy (non-hydrogen) atoms. The van der Waals surface area contributed by atoms with Crippen LogP contribution in [0.25, 0.3) is 33.3 Å². The average molecular weight is 507 g/mol. The van der Waals surface area contributed by atoms with Crippen LogP contribution in [0.2, 0.25) is 0 Å². The molecular formula is C27H21F4N5O. The van der Waals surface area contributed by atoms with Crippen molar-refractivity contribution >= 4 is 16.9 Å². The normalized spacial score (nSPS) is 15.5. The highest BCUT2D eigenvalue weighted by Gasteiger charge is 2.32. The number of aromatic nitrogens is 2. The minimum Gasteiger partial charge on any atom is -0.405 e. The summed E-state index contributed by atoms with van der Waals surface area (Å²) in [5.74, 6) is -0.265. The van der Waals surface area contributed by atoms with E-state index in [1.54, 1.807) is 36.4 Å². The van der Waals surface area contributed by atoms with E-state index in [1.807, 2.05) is 0 Å². The summed E-state index contributed by atoms with van der Waals surface area (Å²) in [5.41, 5.74) is 1.90. The number of benzene rings is 3. The van der Waals surface area contributed by atoms with Crippen LogP contribution in [-0.2, 0) is 0 Å². The lowest BCUT2D eigenvalue weighted by Crippen LogP contribution is -2.18. The van der Waals surface area contributed by atoms with Gasteiger partial charge < -0.3 is 15.4 Å². The molecule has 0 spiro atoms. The predicted molar refractivity (Wildman–Crippen MR) is 131 cm³/mol. The summed E-state index contributed by atoms with van der Waals surface area (Å²) in [6.07, 6.45) is -3.83. The molecule has 1 fully saturated rings. The number of hydrogen-bond acceptors (Lipinski definition) is 6. The maximum absolute atomic E-state index is 14.5. The van der Waals surface area contributed by atoms with Gasteiger partial charge in [0.1, 0.15) is 17.6 Å². The zero-order valence-electron chi connectivity index (χ0n) is 19.4. The highest BCUT2D eigenvalue weighted by atomic mass is 19.4. The van der Waals surface area contributed by atoms with Crippen LogP contribution >= 0.6 is 0 Å². The molecule has 4 aromatic rings. The Balaban J connectivity index is 1.62. The molecule has 1 atom stereocenters. The van der Waals surface area contributed by atoms with Gasteiger partial charge in [0, 0.05) is 23.1 Å². The Hall–Kier alpha value is -4.23. The van der Waals surface area contributed by atoms with Gasteiger partial charge in [0.05, 0.1) is 16.8 Å². The lowest BCUT2D eigenvalue weighted by atomic mass is 9.99. The molecule has 188 valence electrons. The Bertz CT molecular complexity index is 1490. The molecule has 0 saturated carbocycles. The maximum Gasteiger partial charge on any atom is 0.573 e. The van der Waals surface area contributed by atoms with Gasteiger partial charge in [-0.25, -0.2) is 14.4 Å². The summed E-state index contributed by atoms with van der Waals surface area (Å²) < 4.78 is 57.7. The molecule has 2 heterocycles. The van der Waals surface area contributed by atoms with Gasteiger partial charge in [-0.15, -0.1) is 13.2 Å². The van der Waals surface area contributed by atoms with Crippen LogP contribution in [0.5, 0.6) is 5.75 Å². The molecule has 3 aromatic carbocycles. The minimum atomic E-state index is -4.85. The van der Waals surface area contributed by atoms with Crippen LogP contribution in [0.15, 0.2) is 60.7 Å². The summed E-state index contributed by atoms with van der Waals surface area (Å²) in [4.78, 5) is 9.24. The number of fused-ring (bicyclic) bond motifs is 1. The third-order valence-electron chi connectivity index (χ3n) is 6.19. The first kappa shape index (κ1) is 24.5. The zero-order valence-corrected chi connectivity index (χ0v) is 19.4. The predicted octanol–water partition coefficient (Wildman–Crippen LogP) is 5.89. The second-order valence-corrected chi connectivity index (χ2v) is 8.72. The number of nitrogens with one attached hydrogen (secondary N) is 2. The number of para-hydroxylation sites is 1. The Morgan fingerprint density at radius 3 is 2.59 bits per heavy atom. The van der Waals surface area contributed by atoms with Crippen LogP contribution < -0.4 is 15.4 Å². The first-order chi connectivity index (χ1) is 17.8. The van der Waals surface area contributed by atoms with Crippen molar-refractivity contribution in [2.24, 2.45) is 5.92 Å². The van der Waals surface area contributed by atoms with Gasteiger partial charge >= 0.3 is 6.36 Å². The summed E-state index contributed by atoms with van der Waals surface area (Å²) in [6, 6.07) is 16.8. The van der Waals surface area contributed by atoms with Gasteiger partial charge in [-0.1, -0.05) is 30.3 Å². The molecule has 1 aliphatic heterocycles. The van der Waals surface area contributed by atoms with Crippen molar-refractivity contribution in [3.05, 3.63) is 72.0 Å². The third kappa shape index (κ3) is 5.47. The minimum absolute atomic E-state index is 0.104. The Morgan fingerprint density at radius 2 is 1.86 bits per heavy atom. The van der Waals surface area contributed by atoms with E-state index in [4.69, 9.17) is 5.26 Å². The van der Waals surface area contributed by atoms with E-state index >= 15 is 0 Å². The van der Waals surface area contributed by atoms with Gasteiger partial charge in [-0.05, 0) is 61.3 Å². The fraction of sp³-hybridized carbons (Fsp3) is 0.222. The van der Waals surface area contributed by atoms with Crippen molar-refractivity contribution in [3.8, 4) is 34.2 Å². The molecule has 0 radical (unpaired) electrons. The van der Waals surface area contributed by atoms with Crippen molar-refractivity contribution in [1.82, 2.24) is 15.3 Å². The monoisotopic (exact) mass is 507 g/mol. The van der Waals surface area contributed by atoms with Crippen molar-refractivity contribution < 1.29 is 22.3 Å². The second kappa shape index (κ2) is 10.0. The summed E-state index contributed by atoms with van der Waals surface area (Å²) in [6.45, 7) is 2.49. The largest absolute Gasteiger partial charge is 0.573 e. The van der Waals surface area contributed by atoms with Gasteiger partial charge in [0.2, 0.25) is 5.95 Å². The van der Waals surface area contributed by atoms with Crippen molar-refractivity contribution in [2.45, 2.75) is 12.8 Å². The summed E-state index contributed by atoms with van der Waals surface area (Å²) in [7, 11) is 0. The van der Waals surface area contributed by atoms with Crippen molar-refractivity contribution in [2.75, 3.05) is 25.0 Å². The standard InChI is InChI=1S/C27H21F4N5O/c28-22-12-18(5-6-19(22)13-32)25-21-11-17(20-3-1-2-4-24(20)37-27(29,30)31)7-8-23(21)35-26(36-25)34-15-16-9-10-33-14-16/h1-8,11-12,16,33H,9-10,14-15H2,(H,34,35,36). The van der Waals surface area contributed by atoms with E-state index < -0.39 is 12.2 Å². The highest BCUT2D eigenvalue weighted by molar-refractivity contribution is 5.96. The number of nitriles is 1. The molecule has 1 aromatic heterocycles. The number of anilines is 1. The Kier molecular flexibility index (Phi) is 6.63. The van der Waals surface area contributed by atoms with Gasteiger partial charge in [-0.2, -0.15) is 5.26 Å². The molecule has 1 unspecified atom stereocenters. The molecule has 0 amide bonds. The number of ether oxygens (including phenoxy) is 1. The number of hydrogen-bond donors (Lipinski definition) is 2. The van der Waals surface area contributed by atoms with Crippen LogP contribution in [0.1, 0.15) is 12.0 Å². The fourth-order valence-electron chi connectivity index (χ4n) is 4.39. The van der Waals surface area contributed by atoms with E-state index in [0.29, 0.717) is 46.1 Å². The van der Waals surface area contributed by atoms with Crippen molar-refractivity contribution in [3.63, 3.8) is 0 Å². The van der Waals surface area contributed by atoms with Crippen LogP contribution in [0, 0.1) is 23.1 Å². The molecule has 2 N–H and O–H groups in total.